The zero-order valence-electron chi connectivity index (χ0n) is 14.0. The number of nitrogens with one attached hydrogen (secondary N) is 1. The van der Waals surface area contributed by atoms with Gasteiger partial charge in [0.2, 0.25) is 5.91 Å². The first-order valence-corrected chi connectivity index (χ1v) is 7.77. The number of carbonyl (C=O) groups excluding carboxylic acids is 1. The van der Waals surface area contributed by atoms with Crippen molar-refractivity contribution < 1.29 is 4.79 Å². The van der Waals surface area contributed by atoms with Crippen LogP contribution in [0.1, 0.15) is 33.1 Å². The number of amides is 1. The second kappa shape index (κ2) is 6.80. The first-order valence-electron chi connectivity index (χ1n) is 7.77. The average molecular weight is 321 g/mol. The Bertz CT molecular complexity index is 830. The Hall–Kier alpha value is -2.38. The van der Waals surface area contributed by atoms with Crippen LogP contribution in [-0.4, -0.2) is 30.6 Å². The van der Waals surface area contributed by atoms with Gasteiger partial charge in [-0.05, 0) is 19.8 Å². The van der Waals surface area contributed by atoms with Crippen molar-refractivity contribution in [3.8, 4) is 0 Å². The van der Waals surface area contributed by atoms with Gasteiger partial charge in [-0.3, -0.25) is 18.7 Å². The lowest BCUT2D eigenvalue weighted by Crippen LogP contribution is -2.37. The number of hydrogen-bond donors (Lipinski definition) is 1. The van der Waals surface area contributed by atoms with Crippen LogP contribution in [-0.2, 0) is 25.4 Å². The lowest BCUT2D eigenvalue weighted by molar-refractivity contribution is -0.121. The maximum Gasteiger partial charge on any atom is 0.332 e. The van der Waals surface area contributed by atoms with Crippen molar-refractivity contribution >= 4 is 17.1 Å². The van der Waals surface area contributed by atoms with Gasteiger partial charge in [0.1, 0.15) is 0 Å². The first-order chi connectivity index (χ1) is 10.9. The van der Waals surface area contributed by atoms with Crippen LogP contribution in [0, 0.1) is 0 Å². The molecule has 23 heavy (non-hydrogen) atoms. The molecule has 0 bridgehead atoms. The zero-order valence-corrected chi connectivity index (χ0v) is 14.0. The number of aryl methyl sites for hydroxylation is 2. The summed E-state index contributed by atoms with van der Waals surface area (Å²) in [5.41, 5.74) is -0.0237. The van der Waals surface area contributed by atoms with E-state index in [0.717, 1.165) is 11.0 Å². The van der Waals surface area contributed by atoms with E-state index in [1.165, 1.54) is 17.9 Å². The summed E-state index contributed by atoms with van der Waals surface area (Å²) in [5.74, 6) is 0.00377. The van der Waals surface area contributed by atoms with Gasteiger partial charge in [-0.15, -0.1) is 0 Å². The molecule has 1 atom stereocenters. The molecular formula is C15H23N5O3. The van der Waals surface area contributed by atoms with Crippen LogP contribution in [0.15, 0.2) is 15.9 Å². The summed E-state index contributed by atoms with van der Waals surface area (Å²) < 4.78 is 4.12. The van der Waals surface area contributed by atoms with E-state index in [-0.39, 0.29) is 17.5 Å². The minimum Gasteiger partial charge on any atom is -0.354 e. The van der Waals surface area contributed by atoms with Gasteiger partial charge in [-0.2, -0.15) is 0 Å². The van der Waals surface area contributed by atoms with Gasteiger partial charge >= 0.3 is 5.69 Å². The van der Waals surface area contributed by atoms with Crippen LogP contribution in [0.4, 0.5) is 0 Å². The summed E-state index contributed by atoms with van der Waals surface area (Å²) in [6.45, 7) is 4.48. The van der Waals surface area contributed by atoms with Gasteiger partial charge in [0.15, 0.2) is 11.2 Å². The lowest BCUT2D eigenvalue weighted by atomic mass is 10.2. The fourth-order valence-corrected chi connectivity index (χ4v) is 2.43. The topological polar surface area (TPSA) is 90.9 Å². The molecule has 0 saturated heterocycles. The fraction of sp³-hybridized carbons (Fsp3) is 0.600. The highest BCUT2D eigenvalue weighted by Gasteiger charge is 2.14. The molecule has 0 aromatic carbocycles. The standard InChI is InChI=1S/C15H23N5O3/c1-5-10(2)17-11(21)7-6-8-20-9-16-13-12(20)14(22)19(4)15(23)18(13)3/h9-10H,5-8H2,1-4H3,(H,17,21). The largest absolute Gasteiger partial charge is 0.354 e. The summed E-state index contributed by atoms with van der Waals surface area (Å²) in [6, 6.07) is 0.165. The highest BCUT2D eigenvalue weighted by atomic mass is 16.2. The molecule has 0 spiro atoms. The molecule has 126 valence electrons. The van der Waals surface area contributed by atoms with Crippen LogP contribution in [0.25, 0.3) is 11.2 Å². The molecule has 2 aromatic rings. The number of aromatic nitrogens is 4. The van der Waals surface area contributed by atoms with Crippen molar-refractivity contribution in [2.24, 2.45) is 14.1 Å². The fourth-order valence-electron chi connectivity index (χ4n) is 2.43. The van der Waals surface area contributed by atoms with Crippen LogP contribution >= 0.6 is 0 Å². The molecular weight excluding hydrogens is 298 g/mol. The van der Waals surface area contributed by atoms with Gasteiger partial charge in [0.05, 0.1) is 6.33 Å². The molecule has 0 fully saturated rings. The third-order valence-corrected chi connectivity index (χ3v) is 4.04. The molecule has 2 heterocycles. The van der Waals surface area contributed by atoms with Crippen molar-refractivity contribution in [2.45, 2.75) is 45.7 Å². The van der Waals surface area contributed by atoms with Crippen molar-refractivity contribution in [1.29, 1.82) is 0 Å². The van der Waals surface area contributed by atoms with Crippen molar-refractivity contribution in [1.82, 2.24) is 24.0 Å². The maximum atomic E-state index is 12.3. The van der Waals surface area contributed by atoms with E-state index in [2.05, 4.69) is 10.3 Å². The Morgan fingerprint density at radius 2 is 2.00 bits per heavy atom. The molecule has 1 amide bonds. The molecule has 2 rings (SSSR count). The van der Waals surface area contributed by atoms with E-state index in [4.69, 9.17) is 0 Å². The molecule has 0 aliphatic rings. The predicted octanol–water partition coefficient (Wildman–Crippen LogP) is 0.129. The number of rotatable bonds is 6. The van der Waals surface area contributed by atoms with Crippen molar-refractivity contribution in [3.05, 3.63) is 27.2 Å². The Balaban J connectivity index is 2.15. The minimum atomic E-state index is -0.402. The summed E-state index contributed by atoms with van der Waals surface area (Å²) in [6.07, 6.45) is 3.41. The summed E-state index contributed by atoms with van der Waals surface area (Å²) in [4.78, 5) is 40.1. The van der Waals surface area contributed by atoms with Crippen LogP contribution in [0.2, 0.25) is 0 Å². The second-order valence-corrected chi connectivity index (χ2v) is 5.80. The van der Waals surface area contributed by atoms with Gasteiger partial charge in [0.25, 0.3) is 5.56 Å². The Morgan fingerprint density at radius 1 is 1.30 bits per heavy atom. The highest BCUT2D eigenvalue weighted by Crippen LogP contribution is 2.07. The van der Waals surface area contributed by atoms with E-state index in [0.29, 0.717) is 30.6 Å². The molecule has 0 aliphatic carbocycles. The normalized spacial score (nSPS) is 12.5. The quantitative estimate of drug-likeness (QED) is 0.818. The molecule has 8 nitrogen and oxygen atoms in total. The summed E-state index contributed by atoms with van der Waals surface area (Å²) in [7, 11) is 3.03. The summed E-state index contributed by atoms with van der Waals surface area (Å²) in [5, 5.41) is 2.91. The number of nitrogens with zero attached hydrogens (tertiary/aromatic N) is 4. The first kappa shape index (κ1) is 17.0. The van der Waals surface area contributed by atoms with E-state index in [9.17, 15) is 14.4 Å². The van der Waals surface area contributed by atoms with Gasteiger partial charge in [-0.25, -0.2) is 9.78 Å². The van der Waals surface area contributed by atoms with Gasteiger partial charge in [-0.1, -0.05) is 6.92 Å². The maximum absolute atomic E-state index is 12.3. The molecule has 8 heteroatoms. The number of fused-ring (bicyclic) bond motifs is 1. The van der Waals surface area contributed by atoms with Crippen LogP contribution in [0.5, 0.6) is 0 Å². The van der Waals surface area contributed by atoms with E-state index in [1.807, 2.05) is 13.8 Å². The highest BCUT2D eigenvalue weighted by molar-refractivity contribution is 5.76. The van der Waals surface area contributed by atoms with E-state index in [1.54, 1.807) is 11.6 Å². The smallest absolute Gasteiger partial charge is 0.332 e. The summed E-state index contributed by atoms with van der Waals surface area (Å²) >= 11 is 0. The van der Waals surface area contributed by atoms with E-state index < -0.39 is 5.69 Å². The molecule has 1 N–H and O–H groups in total. The number of hydrogen-bond acceptors (Lipinski definition) is 4. The van der Waals surface area contributed by atoms with Gasteiger partial charge < -0.3 is 9.88 Å². The third-order valence-electron chi connectivity index (χ3n) is 4.04. The Kier molecular flexibility index (Phi) is 5.02. The molecule has 1 unspecified atom stereocenters. The Labute approximate surface area is 133 Å². The van der Waals surface area contributed by atoms with Crippen molar-refractivity contribution in [3.63, 3.8) is 0 Å². The molecule has 0 radical (unpaired) electrons. The molecule has 0 aliphatic heterocycles. The minimum absolute atomic E-state index is 0.00377. The number of carbonyl (C=O) groups is 1. The molecule has 0 saturated carbocycles. The van der Waals surface area contributed by atoms with Crippen LogP contribution in [0.3, 0.4) is 0 Å². The second-order valence-electron chi connectivity index (χ2n) is 5.80. The average Bonchev–Trinajstić information content (AvgIpc) is 2.94. The van der Waals surface area contributed by atoms with Gasteiger partial charge in [0, 0.05) is 33.1 Å². The van der Waals surface area contributed by atoms with Crippen molar-refractivity contribution in [2.75, 3.05) is 0 Å². The predicted molar refractivity (Wildman–Crippen MR) is 87.3 cm³/mol. The Morgan fingerprint density at radius 3 is 2.65 bits per heavy atom. The lowest BCUT2D eigenvalue weighted by Gasteiger charge is -2.11. The number of imidazole rings is 1. The third kappa shape index (κ3) is 3.35. The monoisotopic (exact) mass is 321 g/mol. The van der Waals surface area contributed by atoms with E-state index >= 15 is 0 Å². The molecule has 2 aromatic heterocycles. The van der Waals surface area contributed by atoms with Crippen LogP contribution < -0.4 is 16.6 Å². The SMILES string of the molecule is CCC(C)NC(=O)CCCn1cnc2c1c(=O)n(C)c(=O)n2C. The zero-order chi connectivity index (χ0) is 17.1.